The van der Waals surface area contributed by atoms with E-state index in [1.807, 2.05) is 25.1 Å². The van der Waals surface area contributed by atoms with Crippen molar-refractivity contribution >= 4 is 17.2 Å². The topological polar surface area (TPSA) is 76.9 Å². The van der Waals surface area contributed by atoms with E-state index in [4.69, 9.17) is 0 Å². The summed E-state index contributed by atoms with van der Waals surface area (Å²) in [5, 5.41) is 3.80. The summed E-state index contributed by atoms with van der Waals surface area (Å²) in [6.45, 7) is 6.08. The van der Waals surface area contributed by atoms with Gasteiger partial charge in [-0.1, -0.05) is 24.3 Å². The molecule has 2 heterocycles. The molecular weight excluding hydrogens is 348 g/mol. The molecule has 1 aromatic carbocycles. The highest BCUT2D eigenvalue weighted by Crippen LogP contribution is 2.29. The molecule has 6 nitrogen and oxygen atoms in total. The van der Waals surface area contributed by atoms with Crippen LogP contribution < -0.4 is 10.9 Å². The number of hydrogen-bond acceptors (Lipinski definition) is 5. The first-order valence-corrected chi connectivity index (χ1v) is 9.08. The van der Waals surface area contributed by atoms with Gasteiger partial charge in [-0.3, -0.25) is 14.2 Å². The first-order valence-electron chi connectivity index (χ1n) is 8.26. The Balaban J connectivity index is 1.67. The predicted octanol–water partition coefficient (Wildman–Crippen LogP) is 2.61. The minimum absolute atomic E-state index is 0.0470. The Kier molecular flexibility index (Phi) is 5.27. The monoisotopic (exact) mass is 368 g/mol. The minimum Gasteiger partial charge on any atom is -0.350 e. The number of benzene rings is 1. The molecule has 0 radical (unpaired) electrons. The summed E-state index contributed by atoms with van der Waals surface area (Å²) < 4.78 is 1.29. The molecule has 0 aliphatic rings. The summed E-state index contributed by atoms with van der Waals surface area (Å²) in [5.41, 5.74) is 3.58. The fourth-order valence-electron chi connectivity index (χ4n) is 2.54. The lowest BCUT2D eigenvalue weighted by Gasteiger charge is -2.06. The van der Waals surface area contributed by atoms with Crippen LogP contribution in [0.15, 0.2) is 41.5 Å². The van der Waals surface area contributed by atoms with E-state index in [0.717, 1.165) is 21.1 Å². The number of aromatic nitrogens is 3. The van der Waals surface area contributed by atoms with Gasteiger partial charge in [0.15, 0.2) is 0 Å². The molecule has 0 fully saturated rings. The Labute approximate surface area is 155 Å². The molecule has 7 heteroatoms. The Hall–Kier alpha value is -2.80. The van der Waals surface area contributed by atoms with E-state index >= 15 is 0 Å². The largest absolute Gasteiger partial charge is 0.350 e. The highest BCUT2D eigenvalue weighted by atomic mass is 32.1. The first kappa shape index (κ1) is 18.0. The lowest BCUT2D eigenvalue weighted by Crippen LogP contribution is -2.31. The first-order chi connectivity index (χ1) is 12.4. The maximum Gasteiger partial charge on any atom is 0.253 e. The summed E-state index contributed by atoms with van der Waals surface area (Å²) in [4.78, 5) is 33.7. The van der Waals surface area contributed by atoms with Crippen molar-refractivity contribution in [2.75, 3.05) is 0 Å². The third kappa shape index (κ3) is 4.05. The summed E-state index contributed by atoms with van der Waals surface area (Å²) in [5.74, 6) is -0.233. The molecule has 0 saturated carbocycles. The molecule has 3 rings (SSSR count). The molecule has 0 aliphatic heterocycles. The van der Waals surface area contributed by atoms with Crippen LogP contribution in [0.2, 0.25) is 0 Å². The number of rotatable bonds is 5. The van der Waals surface area contributed by atoms with Gasteiger partial charge in [-0.15, -0.1) is 11.3 Å². The van der Waals surface area contributed by atoms with Crippen LogP contribution in [0.25, 0.3) is 10.6 Å². The molecule has 3 aromatic rings. The molecule has 134 valence electrons. The Morgan fingerprint density at radius 3 is 2.73 bits per heavy atom. The van der Waals surface area contributed by atoms with Crippen LogP contribution >= 0.6 is 11.3 Å². The van der Waals surface area contributed by atoms with Crippen LogP contribution in [0.3, 0.4) is 0 Å². The van der Waals surface area contributed by atoms with E-state index in [1.165, 1.54) is 22.5 Å². The van der Waals surface area contributed by atoms with Crippen molar-refractivity contribution in [2.24, 2.45) is 0 Å². The molecule has 0 saturated heterocycles. The number of carbonyl (C=O) groups excluding carboxylic acids is 1. The zero-order valence-corrected chi connectivity index (χ0v) is 15.8. The minimum atomic E-state index is -0.233. The molecule has 1 amide bonds. The van der Waals surface area contributed by atoms with Crippen molar-refractivity contribution in [2.45, 2.75) is 33.9 Å². The maximum atomic E-state index is 12.2. The zero-order valence-electron chi connectivity index (χ0n) is 14.9. The normalized spacial score (nSPS) is 10.7. The highest BCUT2D eigenvalue weighted by Gasteiger charge is 2.12. The number of hydrogen-bond donors (Lipinski definition) is 1. The number of aryl methyl sites for hydroxylation is 3. The highest BCUT2D eigenvalue weighted by molar-refractivity contribution is 7.15. The predicted molar refractivity (Wildman–Crippen MR) is 102 cm³/mol. The average Bonchev–Trinajstić information content (AvgIpc) is 2.96. The smallest absolute Gasteiger partial charge is 0.253 e. The molecule has 0 atom stereocenters. The summed E-state index contributed by atoms with van der Waals surface area (Å²) in [6.07, 6.45) is 1.39. The molecule has 0 unspecified atom stereocenters. The Bertz CT molecular complexity index is 1010. The van der Waals surface area contributed by atoms with Crippen molar-refractivity contribution < 1.29 is 4.79 Å². The van der Waals surface area contributed by atoms with Gasteiger partial charge in [0.1, 0.15) is 11.6 Å². The van der Waals surface area contributed by atoms with Gasteiger partial charge in [-0.05, 0) is 26.3 Å². The standard InChI is InChI=1S/C19H20N4O2S/c1-12-6-4-5-7-15(12)19-22-14(3)16(26-19)9-20-17(24)10-23-11-21-13(2)8-18(23)25/h4-8,11H,9-10H2,1-3H3,(H,20,24). The maximum absolute atomic E-state index is 12.2. The van der Waals surface area contributed by atoms with Crippen molar-refractivity contribution in [1.82, 2.24) is 19.9 Å². The number of nitrogens with one attached hydrogen (secondary N) is 1. The number of nitrogens with zero attached hydrogens (tertiary/aromatic N) is 3. The van der Waals surface area contributed by atoms with Crippen LogP contribution in [-0.2, 0) is 17.9 Å². The van der Waals surface area contributed by atoms with E-state index in [-0.39, 0.29) is 18.0 Å². The second-order valence-electron chi connectivity index (χ2n) is 6.12. The van der Waals surface area contributed by atoms with E-state index in [2.05, 4.69) is 28.3 Å². The van der Waals surface area contributed by atoms with Crippen molar-refractivity contribution in [1.29, 1.82) is 0 Å². The van der Waals surface area contributed by atoms with Crippen LogP contribution in [0, 0.1) is 20.8 Å². The molecule has 0 bridgehead atoms. The van der Waals surface area contributed by atoms with Crippen LogP contribution in [0.1, 0.15) is 21.8 Å². The molecule has 26 heavy (non-hydrogen) atoms. The molecule has 1 N–H and O–H groups in total. The number of carbonyl (C=O) groups is 1. The van der Waals surface area contributed by atoms with Crippen LogP contribution in [-0.4, -0.2) is 20.4 Å². The lowest BCUT2D eigenvalue weighted by atomic mass is 10.1. The van der Waals surface area contributed by atoms with Gasteiger partial charge in [0, 0.05) is 22.2 Å². The van der Waals surface area contributed by atoms with Gasteiger partial charge in [-0.2, -0.15) is 0 Å². The molecule has 0 aliphatic carbocycles. The van der Waals surface area contributed by atoms with E-state index in [0.29, 0.717) is 12.2 Å². The van der Waals surface area contributed by atoms with E-state index < -0.39 is 0 Å². The van der Waals surface area contributed by atoms with Crippen molar-refractivity contribution in [3.05, 3.63) is 68.8 Å². The molecule has 2 aromatic heterocycles. The van der Waals surface area contributed by atoms with E-state index in [1.54, 1.807) is 18.3 Å². The fourth-order valence-corrected chi connectivity index (χ4v) is 3.64. The van der Waals surface area contributed by atoms with Gasteiger partial charge < -0.3 is 5.32 Å². The lowest BCUT2D eigenvalue weighted by molar-refractivity contribution is -0.121. The van der Waals surface area contributed by atoms with Gasteiger partial charge in [-0.25, -0.2) is 9.97 Å². The van der Waals surface area contributed by atoms with Gasteiger partial charge in [0.05, 0.1) is 18.6 Å². The van der Waals surface area contributed by atoms with Crippen molar-refractivity contribution in [3.63, 3.8) is 0 Å². The second-order valence-corrected chi connectivity index (χ2v) is 7.20. The Morgan fingerprint density at radius 1 is 1.23 bits per heavy atom. The molecule has 0 spiro atoms. The quantitative estimate of drug-likeness (QED) is 0.751. The summed E-state index contributed by atoms with van der Waals surface area (Å²) >= 11 is 1.57. The molecular formula is C19H20N4O2S. The summed E-state index contributed by atoms with van der Waals surface area (Å²) in [6, 6.07) is 9.51. The third-order valence-corrected chi connectivity index (χ3v) is 5.24. The number of thiazole rings is 1. The van der Waals surface area contributed by atoms with E-state index in [9.17, 15) is 9.59 Å². The second kappa shape index (κ2) is 7.61. The zero-order chi connectivity index (χ0) is 18.7. The third-order valence-electron chi connectivity index (χ3n) is 4.04. The van der Waals surface area contributed by atoms with Crippen molar-refractivity contribution in [3.8, 4) is 10.6 Å². The van der Waals surface area contributed by atoms with Gasteiger partial charge >= 0.3 is 0 Å². The SMILES string of the molecule is Cc1cc(=O)n(CC(=O)NCc2sc(-c3ccccc3C)nc2C)cn1. The van der Waals surface area contributed by atoms with Crippen LogP contribution in [0.4, 0.5) is 0 Å². The van der Waals surface area contributed by atoms with Crippen LogP contribution in [0.5, 0.6) is 0 Å². The number of amides is 1. The van der Waals surface area contributed by atoms with Gasteiger partial charge in [0.2, 0.25) is 5.91 Å². The van der Waals surface area contributed by atoms with Gasteiger partial charge in [0.25, 0.3) is 5.56 Å². The summed E-state index contributed by atoms with van der Waals surface area (Å²) in [7, 11) is 0. The fraction of sp³-hybridized carbons (Fsp3) is 0.263. The Morgan fingerprint density at radius 2 is 2.00 bits per heavy atom. The average molecular weight is 368 g/mol.